The van der Waals surface area contributed by atoms with Gasteiger partial charge in [0.2, 0.25) is 5.91 Å². The van der Waals surface area contributed by atoms with Crippen LogP contribution in [-0.2, 0) is 11.2 Å². The number of anilines is 1. The highest BCUT2D eigenvalue weighted by molar-refractivity contribution is 6.03. The molecule has 0 radical (unpaired) electrons. The zero-order chi connectivity index (χ0) is 14.5. The second-order valence-electron chi connectivity index (χ2n) is 5.91. The van der Waals surface area contributed by atoms with Gasteiger partial charge in [-0.05, 0) is 49.8 Å². The number of nitrogens with two attached hydrogens (primary N) is 1. The molecular formula is C15H18N2O3. The summed E-state index contributed by atoms with van der Waals surface area (Å²) in [6.45, 7) is 2.36. The van der Waals surface area contributed by atoms with E-state index in [0.29, 0.717) is 12.2 Å². The van der Waals surface area contributed by atoms with Crippen molar-refractivity contribution in [3.05, 3.63) is 29.3 Å². The summed E-state index contributed by atoms with van der Waals surface area (Å²) in [5.41, 5.74) is 7.26. The number of carbonyl (C=O) groups is 2. The minimum atomic E-state index is -0.982. The monoisotopic (exact) mass is 274 g/mol. The molecule has 1 saturated carbocycles. The molecule has 1 aliphatic heterocycles. The molecule has 106 valence electrons. The van der Waals surface area contributed by atoms with Crippen LogP contribution in [0.5, 0.6) is 0 Å². The fraction of sp³-hybridized carbons (Fsp3) is 0.467. The van der Waals surface area contributed by atoms with Crippen LogP contribution in [0.25, 0.3) is 0 Å². The van der Waals surface area contributed by atoms with Gasteiger partial charge in [-0.3, -0.25) is 4.79 Å². The van der Waals surface area contributed by atoms with Crippen LogP contribution in [-0.4, -0.2) is 29.1 Å². The molecule has 0 bridgehead atoms. The lowest BCUT2D eigenvalue weighted by Crippen LogP contribution is -2.54. The first kappa shape index (κ1) is 13.1. The number of carboxylic acid groups (broad SMARTS) is 1. The summed E-state index contributed by atoms with van der Waals surface area (Å²) < 4.78 is 0. The Morgan fingerprint density at radius 2 is 2.10 bits per heavy atom. The van der Waals surface area contributed by atoms with E-state index in [1.54, 1.807) is 30.0 Å². The molecule has 1 atom stereocenters. The predicted octanol–water partition coefficient (Wildman–Crippen LogP) is 1.40. The average Bonchev–Trinajstić information content (AvgIpc) is 3.18. The number of nitrogens with zero attached hydrogens (tertiary/aromatic N) is 1. The van der Waals surface area contributed by atoms with E-state index < -0.39 is 11.5 Å². The molecule has 0 spiro atoms. The Balaban J connectivity index is 1.93. The van der Waals surface area contributed by atoms with Crippen LogP contribution in [0, 0.1) is 5.92 Å². The lowest BCUT2D eigenvalue weighted by atomic mass is 9.95. The Morgan fingerprint density at radius 1 is 1.40 bits per heavy atom. The molecule has 5 heteroatoms. The van der Waals surface area contributed by atoms with Crippen LogP contribution in [0.4, 0.5) is 5.69 Å². The van der Waals surface area contributed by atoms with Crippen LogP contribution in [0.1, 0.15) is 35.7 Å². The standard InChI is InChI=1S/C15H18N2O3/c1-15(16,11-4-5-11)14(20)17-7-6-9-2-3-10(13(18)19)8-12(9)17/h2-3,8,11H,4-7,16H2,1H3,(H,18,19). The van der Waals surface area contributed by atoms with Crippen molar-refractivity contribution in [1.82, 2.24) is 0 Å². The quantitative estimate of drug-likeness (QED) is 0.872. The maximum Gasteiger partial charge on any atom is 0.335 e. The van der Waals surface area contributed by atoms with Crippen LogP contribution >= 0.6 is 0 Å². The van der Waals surface area contributed by atoms with Crippen molar-refractivity contribution >= 4 is 17.6 Å². The number of hydrogen-bond donors (Lipinski definition) is 2. The minimum absolute atomic E-state index is 0.0960. The van der Waals surface area contributed by atoms with E-state index in [9.17, 15) is 9.59 Å². The molecular weight excluding hydrogens is 256 g/mol. The number of benzene rings is 1. The highest BCUT2D eigenvalue weighted by Gasteiger charge is 2.47. The van der Waals surface area contributed by atoms with E-state index in [-0.39, 0.29) is 17.4 Å². The maximum absolute atomic E-state index is 12.6. The van der Waals surface area contributed by atoms with E-state index in [2.05, 4.69) is 0 Å². The van der Waals surface area contributed by atoms with Crippen LogP contribution in [0.15, 0.2) is 18.2 Å². The van der Waals surface area contributed by atoms with E-state index in [0.717, 1.165) is 24.8 Å². The van der Waals surface area contributed by atoms with Gasteiger partial charge in [-0.2, -0.15) is 0 Å². The molecule has 1 aromatic carbocycles. The number of amides is 1. The predicted molar refractivity (Wildman–Crippen MR) is 74.8 cm³/mol. The van der Waals surface area contributed by atoms with E-state index in [1.807, 2.05) is 0 Å². The number of fused-ring (bicyclic) bond motifs is 1. The summed E-state index contributed by atoms with van der Waals surface area (Å²) >= 11 is 0. The Kier molecular flexibility index (Phi) is 2.83. The molecule has 5 nitrogen and oxygen atoms in total. The number of carboxylic acids is 1. The lowest BCUT2D eigenvalue weighted by molar-refractivity contribution is -0.123. The molecule has 0 aromatic heterocycles. The van der Waals surface area contributed by atoms with Gasteiger partial charge in [0, 0.05) is 12.2 Å². The second-order valence-corrected chi connectivity index (χ2v) is 5.91. The molecule has 3 rings (SSSR count). The van der Waals surface area contributed by atoms with Gasteiger partial charge in [0.15, 0.2) is 0 Å². The average molecular weight is 274 g/mol. The summed E-state index contributed by atoms with van der Waals surface area (Å²) in [5, 5.41) is 9.07. The summed E-state index contributed by atoms with van der Waals surface area (Å²) in [7, 11) is 0. The van der Waals surface area contributed by atoms with Gasteiger partial charge in [0.05, 0.1) is 11.1 Å². The van der Waals surface area contributed by atoms with Crippen molar-refractivity contribution in [3.8, 4) is 0 Å². The molecule has 1 unspecified atom stereocenters. The van der Waals surface area contributed by atoms with Crippen molar-refractivity contribution < 1.29 is 14.7 Å². The molecule has 1 fully saturated rings. The minimum Gasteiger partial charge on any atom is -0.478 e. The third-order valence-corrected chi connectivity index (χ3v) is 4.36. The Morgan fingerprint density at radius 3 is 2.70 bits per heavy atom. The molecule has 0 saturated heterocycles. The van der Waals surface area contributed by atoms with Gasteiger partial charge >= 0.3 is 5.97 Å². The highest BCUT2D eigenvalue weighted by atomic mass is 16.4. The highest BCUT2D eigenvalue weighted by Crippen LogP contribution is 2.41. The Labute approximate surface area is 117 Å². The summed E-state index contributed by atoms with van der Waals surface area (Å²) in [5.74, 6) is -0.826. The van der Waals surface area contributed by atoms with Crippen LogP contribution < -0.4 is 10.6 Å². The first-order valence-electron chi connectivity index (χ1n) is 6.88. The largest absolute Gasteiger partial charge is 0.478 e. The van der Waals surface area contributed by atoms with Gasteiger partial charge < -0.3 is 15.7 Å². The molecule has 1 aromatic rings. The van der Waals surface area contributed by atoms with E-state index in [4.69, 9.17) is 10.8 Å². The van der Waals surface area contributed by atoms with Gasteiger partial charge in [0.25, 0.3) is 0 Å². The Hall–Kier alpha value is -1.88. The topological polar surface area (TPSA) is 83.6 Å². The lowest BCUT2D eigenvalue weighted by Gasteiger charge is -2.29. The molecule has 1 aliphatic carbocycles. The first-order chi connectivity index (χ1) is 9.41. The van der Waals surface area contributed by atoms with Gasteiger partial charge in [-0.15, -0.1) is 0 Å². The fourth-order valence-electron chi connectivity index (χ4n) is 2.87. The van der Waals surface area contributed by atoms with Crippen LogP contribution in [0.3, 0.4) is 0 Å². The van der Waals surface area contributed by atoms with Crippen molar-refractivity contribution in [2.45, 2.75) is 31.7 Å². The third-order valence-electron chi connectivity index (χ3n) is 4.36. The molecule has 20 heavy (non-hydrogen) atoms. The first-order valence-corrected chi connectivity index (χ1v) is 6.88. The van der Waals surface area contributed by atoms with Crippen molar-refractivity contribution in [2.24, 2.45) is 11.7 Å². The summed E-state index contributed by atoms with van der Waals surface area (Å²) in [6, 6.07) is 4.94. The third kappa shape index (κ3) is 1.98. The molecule has 1 heterocycles. The number of rotatable bonds is 3. The molecule has 3 N–H and O–H groups in total. The smallest absolute Gasteiger partial charge is 0.335 e. The zero-order valence-corrected chi connectivity index (χ0v) is 11.4. The Bertz CT molecular complexity index is 591. The second kappa shape index (κ2) is 4.31. The molecule has 2 aliphatic rings. The number of carbonyl (C=O) groups excluding carboxylic acids is 1. The summed E-state index contributed by atoms with van der Waals surface area (Å²) in [4.78, 5) is 25.4. The van der Waals surface area contributed by atoms with Gasteiger partial charge in [-0.1, -0.05) is 6.07 Å². The van der Waals surface area contributed by atoms with Crippen molar-refractivity contribution in [2.75, 3.05) is 11.4 Å². The zero-order valence-electron chi connectivity index (χ0n) is 11.4. The normalized spacial score (nSPS) is 20.4. The molecule has 1 amide bonds. The van der Waals surface area contributed by atoms with Crippen LogP contribution in [0.2, 0.25) is 0 Å². The number of aromatic carboxylic acids is 1. The van der Waals surface area contributed by atoms with Gasteiger partial charge in [0.1, 0.15) is 0 Å². The van der Waals surface area contributed by atoms with E-state index >= 15 is 0 Å². The van der Waals surface area contributed by atoms with E-state index in [1.165, 1.54) is 0 Å². The number of hydrogen-bond acceptors (Lipinski definition) is 3. The van der Waals surface area contributed by atoms with Gasteiger partial charge in [-0.25, -0.2) is 4.79 Å². The fourth-order valence-corrected chi connectivity index (χ4v) is 2.87. The maximum atomic E-state index is 12.6. The van der Waals surface area contributed by atoms with Crippen molar-refractivity contribution in [3.63, 3.8) is 0 Å². The summed E-state index contributed by atoms with van der Waals surface area (Å²) in [6.07, 6.45) is 2.74. The van der Waals surface area contributed by atoms with Crippen molar-refractivity contribution in [1.29, 1.82) is 0 Å². The SMILES string of the molecule is CC(N)(C(=O)N1CCc2ccc(C(=O)O)cc21)C1CC1.